The fraction of sp³-hybridized carbons (Fsp3) is 0.385. The molecule has 1 nitrogen and oxygen atoms in total. The predicted octanol–water partition coefficient (Wildman–Crippen LogP) is 3.59. The molecule has 1 aliphatic carbocycles. The van der Waals surface area contributed by atoms with Crippen molar-refractivity contribution >= 4 is 23.2 Å². The average Bonchev–Trinajstić information content (AvgIpc) is 2.68. The maximum Gasteiger partial charge on any atom is 0.0627 e. The van der Waals surface area contributed by atoms with Crippen molar-refractivity contribution in [3.05, 3.63) is 33.3 Å². The summed E-state index contributed by atoms with van der Waals surface area (Å²) in [6.45, 7) is 2.57. The Morgan fingerprint density at radius 1 is 1.44 bits per heavy atom. The number of hydrogen-bond donors (Lipinski definition) is 1. The molecule has 0 amide bonds. The van der Waals surface area contributed by atoms with E-state index in [0.717, 1.165) is 19.4 Å². The van der Waals surface area contributed by atoms with E-state index >= 15 is 0 Å². The highest BCUT2D eigenvalue weighted by molar-refractivity contribution is 6.42. The van der Waals surface area contributed by atoms with Crippen LogP contribution in [0.1, 0.15) is 30.5 Å². The molecule has 1 aliphatic rings. The largest absolute Gasteiger partial charge is 0.299 e. The standard InChI is InChI=1S/C13H13Cl2N/c1-2-3-8-16-12-7-5-10-9(12)4-6-11(14)13(10)15/h4,6,12,16H,5,7-8H2,1H3. The molecule has 0 saturated carbocycles. The van der Waals surface area contributed by atoms with Gasteiger partial charge in [-0.15, -0.1) is 5.92 Å². The third-order valence-corrected chi connectivity index (χ3v) is 3.75. The van der Waals surface area contributed by atoms with E-state index in [1.54, 1.807) is 0 Å². The Kier molecular flexibility index (Phi) is 3.76. The van der Waals surface area contributed by atoms with E-state index in [-0.39, 0.29) is 0 Å². The normalized spacial score (nSPS) is 17.8. The molecule has 0 spiro atoms. The van der Waals surface area contributed by atoms with E-state index < -0.39 is 0 Å². The maximum atomic E-state index is 6.18. The minimum atomic E-state index is 0.366. The van der Waals surface area contributed by atoms with Gasteiger partial charge in [-0.05, 0) is 37.0 Å². The van der Waals surface area contributed by atoms with Crippen molar-refractivity contribution in [3.8, 4) is 11.8 Å². The van der Waals surface area contributed by atoms with Crippen LogP contribution >= 0.6 is 23.2 Å². The molecule has 84 valence electrons. The van der Waals surface area contributed by atoms with E-state index in [9.17, 15) is 0 Å². The number of rotatable bonds is 2. The van der Waals surface area contributed by atoms with E-state index in [4.69, 9.17) is 23.2 Å². The van der Waals surface area contributed by atoms with Crippen LogP contribution in [0.25, 0.3) is 0 Å². The van der Waals surface area contributed by atoms with Gasteiger partial charge in [-0.3, -0.25) is 5.32 Å². The van der Waals surface area contributed by atoms with Gasteiger partial charge >= 0.3 is 0 Å². The Hall–Kier alpha value is -0.680. The van der Waals surface area contributed by atoms with E-state index in [1.807, 2.05) is 13.0 Å². The van der Waals surface area contributed by atoms with Crippen molar-refractivity contribution in [2.24, 2.45) is 0 Å². The van der Waals surface area contributed by atoms with Gasteiger partial charge in [-0.25, -0.2) is 0 Å². The average molecular weight is 254 g/mol. The maximum absolute atomic E-state index is 6.18. The molecule has 1 unspecified atom stereocenters. The molecule has 1 aromatic rings. The molecular weight excluding hydrogens is 241 g/mol. The highest BCUT2D eigenvalue weighted by atomic mass is 35.5. The third kappa shape index (κ3) is 2.20. The molecule has 0 aromatic heterocycles. The van der Waals surface area contributed by atoms with Crippen molar-refractivity contribution in [2.75, 3.05) is 6.54 Å². The first-order valence-electron chi connectivity index (χ1n) is 5.33. The lowest BCUT2D eigenvalue weighted by Gasteiger charge is -2.12. The van der Waals surface area contributed by atoms with Crippen LogP contribution in [0.5, 0.6) is 0 Å². The van der Waals surface area contributed by atoms with Crippen molar-refractivity contribution in [1.82, 2.24) is 5.32 Å². The molecule has 0 fully saturated rings. The number of hydrogen-bond acceptors (Lipinski definition) is 1. The Bertz CT molecular complexity index is 457. The molecule has 1 atom stereocenters. The summed E-state index contributed by atoms with van der Waals surface area (Å²) < 4.78 is 0. The quantitative estimate of drug-likeness (QED) is 0.795. The second-order valence-electron chi connectivity index (χ2n) is 3.83. The Labute approximate surface area is 106 Å². The second kappa shape index (κ2) is 5.10. The van der Waals surface area contributed by atoms with Crippen LogP contribution in [-0.4, -0.2) is 6.54 Å². The zero-order chi connectivity index (χ0) is 11.5. The van der Waals surface area contributed by atoms with Crippen LogP contribution in [0.3, 0.4) is 0 Å². The summed E-state index contributed by atoms with van der Waals surface area (Å²) in [7, 11) is 0. The fourth-order valence-electron chi connectivity index (χ4n) is 2.11. The monoisotopic (exact) mass is 253 g/mol. The van der Waals surface area contributed by atoms with Crippen LogP contribution in [-0.2, 0) is 6.42 Å². The predicted molar refractivity (Wildman–Crippen MR) is 69.0 cm³/mol. The van der Waals surface area contributed by atoms with Crippen LogP contribution in [0.4, 0.5) is 0 Å². The molecule has 3 heteroatoms. The van der Waals surface area contributed by atoms with Crippen molar-refractivity contribution in [3.63, 3.8) is 0 Å². The first-order chi connectivity index (χ1) is 7.74. The Balaban J connectivity index is 2.19. The van der Waals surface area contributed by atoms with Crippen molar-refractivity contribution < 1.29 is 0 Å². The Morgan fingerprint density at radius 3 is 3.00 bits per heavy atom. The zero-order valence-electron chi connectivity index (χ0n) is 9.11. The molecule has 0 saturated heterocycles. The van der Waals surface area contributed by atoms with Gasteiger partial charge in [0.15, 0.2) is 0 Å². The number of nitrogens with one attached hydrogen (secondary N) is 1. The molecule has 0 aliphatic heterocycles. The zero-order valence-corrected chi connectivity index (χ0v) is 10.6. The van der Waals surface area contributed by atoms with Gasteiger partial charge in [0.1, 0.15) is 0 Å². The van der Waals surface area contributed by atoms with Gasteiger partial charge in [0, 0.05) is 6.04 Å². The fourth-order valence-corrected chi connectivity index (χ4v) is 2.55. The topological polar surface area (TPSA) is 12.0 Å². The van der Waals surface area contributed by atoms with Crippen LogP contribution in [0.15, 0.2) is 12.1 Å². The molecule has 1 aromatic carbocycles. The Morgan fingerprint density at radius 2 is 2.25 bits per heavy atom. The van der Waals surface area contributed by atoms with Gasteiger partial charge in [0.25, 0.3) is 0 Å². The molecule has 0 bridgehead atoms. The van der Waals surface area contributed by atoms with E-state index in [1.165, 1.54) is 11.1 Å². The molecule has 0 radical (unpaired) electrons. The second-order valence-corrected chi connectivity index (χ2v) is 4.61. The lowest BCUT2D eigenvalue weighted by atomic mass is 10.1. The van der Waals surface area contributed by atoms with Gasteiger partial charge in [0.2, 0.25) is 0 Å². The highest BCUT2D eigenvalue weighted by Gasteiger charge is 2.24. The lowest BCUT2D eigenvalue weighted by molar-refractivity contribution is 0.568. The number of fused-ring (bicyclic) bond motifs is 1. The summed E-state index contributed by atoms with van der Waals surface area (Å²) in [4.78, 5) is 0. The third-order valence-electron chi connectivity index (χ3n) is 2.90. The summed E-state index contributed by atoms with van der Waals surface area (Å²) in [5.74, 6) is 5.89. The smallest absolute Gasteiger partial charge is 0.0627 e. The van der Waals surface area contributed by atoms with Crippen LogP contribution < -0.4 is 5.32 Å². The molecule has 1 N–H and O–H groups in total. The van der Waals surface area contributed by atoms with Crippen LogP contribution in [0.2, 0.25) is 10.0 Å². The number of benzene rings is 1. The summed E-state index contributed by atoms with van der Waals surface area (Å²) >= 11 is 12.2. The number of halogens is 2. The molecule has 2 rings (SSSR count). The molecule has 0 heterocycles. The van der Waals surface area contributed by atoms with Crippen LogP contribution in [0, 0.1) is 11.8 Å². The lowest BCUT2D eigenvalue weighted by Crippen LogP contribution is -2.19. The minimum absolute atomic E-state index is 0.366. The summed E-state index contributed by atoms with van der Waals surface area (Å²) in [6, 6.07) is 4.30. The summed E-state index contributed by atoms with van der Waals surface area (Å²) in [5, 5.41) is 4.77. The van der Waals surface area contributed by atoms with E-state index in [0.29, 0.717) is 16.1 Å². The van der Waals surface area contributed by atoms with Gasteiger partial charge in [-0.2, -0.15) is 0 Å². The van der Waals surface area contributed by atoms with Gasteiger partial charge < -0.3 is 0 Å². The first kappa shape index (κ1) is 11.8. The summed E-state index contributed by atoms with van der Waals surface area (Å²) in [5.41, 5.74) is 2.46. The van der Waals surface area contributed by atoms with Crippen molar-refractivity contribution in [2.45, 2.75) is 25.8 Å². The first-order valence-corrected chi connectivity index (χ1v) is 6.09. The van der Waals surface area contributed by atoms with Crippen molar-refractivity contribution in [1.29, 1.82) is 0 Å². The molecule has 16 heavy (non-hydrogen) atoms. The molecular formula is C13H13Cl2N. The van der Waals surface area contributed by atoms with E-state index in [2.05, 4.69) is 23.2 Å². The SMILES string of the molecule is CC#CCNC1CCc2c1ccc(Cl)c2Cl. The van der Waals surface area contributed by atoms with Gasteiger partial charge in [0.05, 0.1) is 16.6 Å². The van der Waals surface area contributed by atoms with Gasteiger partial charge in [-0.1, -0.05) is 35.2 Å². The highest BCUT2D eigenvalue weighted by Crippen LogP contribution is 2.38. The minimum Gasteiger partial charge on any atom is -0.299 e. The summed E-state index contributed by atoms with van der Waals surface area (Å²) in [6.07, 6.45) is 2.06.